The molecule has 2 aromatic heterocycles. The first-order chi connectivity index (χ1) is 14.7. The standard InChI is InChI=1S/C24H25N5O/c1-3-20-24(30)28(2)21-15-26-22(27-23(21)29(20)17-10-7-11-17)18-12-13-25-14-19(18)16-8-5-4-6-9-16/h4-6,8-9,12-15,17,20H,3,7,10-11H2,1-2H3. The van der Waals surface area contributed by atoms with Crippen molar-refractivity contribution in [3.05, 3.63) is 55.0 Å². The monoisotopic (exact) mass is 399 g/mol. The second-order valence-corrected chi connectivity index (χ2v) is 8.00. The van der Waals surface area contributed by atoms with Gasteiger partial charge in [0.2, 0.25) is 5.91 Å². The van der Waals surface area contributed by atoms with Crippen molar-refractivity contribution in [2.75, 3.05) is 16.8 Å². The summed E-state index contributed by atoms with van der Waals surface area (Å²) in [6, 6.07) is 12.4. The van der Waals surface area contributed by atoms with Crippen molar-refractivity contribution in [2.45, 2.75) is 44.7 Å². The summed E-state index contributed by atoms with van der Waals surface area (Å²) in [5.41, 5.74) is 3.81. The van der Waals surface area contributed by atoms with Gasteiger partial charge in [-0.15, -0.1) is 0 Å². The summed E-state index contributed by atoms with van der Waals surface area (Å²) in [7, 11) is 1.83. The normalized spacial score (nSPS) is 18.9. The minimum Gasteiger partial charge on any atom is -0.340 e. The molecule has 1 unspecified atom stereocenters. The van der Waals surface area contributed by atoms with Crippen LogP contribution in [0.25, 0.3) is 22.5 Å². The van der Waals surface area contributed by atoms with Gasteiger partial charge in [-0.1, -0.05) is 37.3 Å². The zero-order valence-corrected chi connectivity index (χ0v) is 17.3. The van der Waals surface area contributed by atoms with Crippen LogP contribution in [-0.2, 0) is 4.79 Å². The van der Waals surface area contributed by atoms with E-state index in [1.54, 1.807) is 17.3 Å². The van der Waals surface area contributed by atoms with Crippen molar-refractivity contribution in [1.29, 1.82) is 0 Å². The number of fused-ring (bicyclic) bond motifs is 1. The molecular formula is C24H25N5O. The number of rotatable bonds is 4. The van der Waals surface area contributed by atoms with Crippen LogP contribution in [0.1, 0.15) is 32.6 Å². The number of amides is 1. The second-order valence-electron chi connectivity index (χ2n) is 8.00. The molecule has 0 radical (unpaired) electrons. The van der Waals surface area contributed by atoms with Gasteiger partial charge in [-0.05, 0) is 37.3 Å². The summed E-state index contributed by atoms with van der Waals surface area (Å²) < 4.78 is 0. The van der Waals surface area contributed by atoms with E-state index in [-0.39, 0.29) is 11.9 Å². The van der Waals surface area contributed by atoms with Crippen molar-refractivity contribution in [2.24, 2.45) is 0 Å². The summed E-state index contributed by atoms with van der Waals surface area (Å²) in [6.07, 6.45) is 9.62. The van der Waals surface area contributed by atoms with E-state index in [2.05, 4.69) is 33.9 Å². The zero-order chi connectivity index (χ0) is 20.7. The molecule has 6 nitrogen and oxygen atoms in total. The molecule has 6 heteroatoms. The number of carbonyl (C=O) groups excluding carboxylic acids is 1. The summed E-state index contributed by atoms with van der Waals surface area (Å²) in [4.78, 5) is 31.0. The highest BCUT2D eigenvalue weighted by Gasteiger charge is 2.42. The number of pyridine rings is 1. The van der Waals surface area contributed by atoms with Crippen LogP contribution in [0.15, 0.2) is 55.0 Å². The molecule has 5 rings (SSSR count). The van der Waals surface area contributed by atoms with Crippen LogP contribution >= 0.6 is 0 Å². The van der Waals surface area contributed by atoms with Crippen molar-refractivity contribution in [1.82, 2.24) is 15.0 Å². The maximum Gasteiger partial charge on any atom is 0.249 e. The number of hydrogen-bond donors (Lipinski definition) is 0. The Hall–Kier alpha value is -3.28. The van der Waals surface area contributed by atoms with Gasteiger partial charge in [0.05, 0.1) is 6.20 Å². The lowest BCUT2D eigenvalue weighted by Gasteiger charge is -2.47. The maximum atomic E-state index is 13.0. The molecule has 1 atom stereocenters. The Morgan fingerprint density at radius 1 is 1.07 bits per heavy atom. The van der Waals surface area contributed by atoms with Crippen molar-refractivity contribution in [3.8, 4) is 22.5 Å². The minimum absolute atomic E-state index is 0.127. The van der Waals surface area contributed by atoms with Crippen molar-refractivity contribution < 1.29 is 4.79 Å². The average Bonchev–Trinajstić information content (AvgIpc) is 2.76. The fourth-order valence-corrected chi connectivity index (χ4v) is 4.43. The topological polar surface area (TPSA) is 62.2 Å². The Morgan fingerprint density at radius 2 is 1.87 bits per heavy atom. The molecule has 1 amide bonds. The third-order valence-corrected chi connectivity index (χ3v) is 6.31. The van der Waals surface area contributed by atoms with Crippen LogP contribution in [0, 0.1) is 0 Å². The van der Waals surface area contributed by atoms with Crippen LogP contribution in [-0.4, -0.2) is 40.0 Å². The summed E-state index contributed by atoms with van der Waals surface area (Å²) in [5.74, 6) is 1.66. The predicted molar refractivity (Wildman–Crippen MR) is 118 cm³/mol. The van der Waals surface area contributed by atoms with Crippen LogP contribution < -0.4 is 9.80 Å². The van der Waals surface area contributed by atoms with Gasteiger partial charge in [0, 0.05) is 36.6 Å². The largest absolute Gasteiger partial charge is 0.340 e. The number of aromatic nitrogens is 3. The number of anilines is 2. The number of likely N-dealkylation sites (N-methyl/N-ethyl adjacent to an activating group) is 1. The van der Waals surface area contributed by atoms with Gasteiger partial charge in [-0.2, -0.15) is 0 Å². The molecule has 2 aliphatic rings. The predicted octanol–water partition coefficient (Wildman–Crippen LogP) is 4.32. The zero-order valence-electron chi connectivity index (χ0n) is 17.3. The van der Waals surface area contributed by atoms with Gasteiger partial charge in [0.1, 0.15) is 11.7 Å². The van der Waals surface area contributed by atoms with Gasteiger partial charge < -0.3 is 9.80 Å². The van der Waals surface area contributed by atoms with Crippen molar-refractivity contribution in [3.63, 3.8) is 0 Å². The van der Waals surface area contributed by atoms with Gasteiger partial charge in [0.15, 0.2) is 11.6 Å². The Labute approximate surface area is 176 Å². The molecule has 1 fully saturated rings. The lowest BCUT2D eigenvalue weighted by Crippen LogP contribution is -2.57. The SMILES string of the molecule is CCC1C(=O)N(C)c2cnc(-c3ccncc3-c3ccccc3)nc2N1C1CCC1. The summed E-state index contributed by atoms with van der Waals surface area (Å²) >= 11 is 0. The molecule has 0 spiro atoms. The smallest absolute Gasteiger partial charge is 0.249 e. The Bertz CT molecular complexity index is 1080. The molecule has 3 aromatic rings. The van der Waals surface area contributed by atoms with E-state index in [4.69, 9.17) is 4.98 Å². The molecule has 0 saturated heterocycles. The van der Waals surface area contributed by atoms with E-state index in [1.165, 1.54) is 6.42 Å². The minimum atomic E-state index is -0.165. The van der Waals surface area contributed by atoms with E-state index in [9.17, 15) is 4.79 Å². The molecule has 1 aliphatic heterocycles. The highest BCUT2D eigenvalue weighted by molar-refractivity contribution is 6.04. The van der Waals surface area contributed by atoms with Crippen LogP contribution in [0.4, 0.5) is 11.5 Å². The van der Waals surface area contributed by atoms with E-state index < -0.39 is 0 Å². The van der Waals surface area contributed by atoms with E-state index in [1.807, 2.05) is 37.5 Å². The molecule has 3 heterocycles. The third kappa shape index (κ3) is 2.95. The highest BCUT2D eigenvalue weighted by atomic mass is 16.2. The molecule has 1 saturated carbocycles. The van der Waals surface area contributed by atoms with Gasteiger partial charge in [0.25, 0.3) is 0 Å². The Kier molecular flexibility index (Phi) is 4.69. The lowest BCUT2D eigenvalue weighted by molar-refractivity contribution is -0.120. The number of hydrogen-bond acceptors (Lipinski definition) is 5. The second kappa shape index (κ2) is 7.52. The number of nitrogens with zero attached hydrogens (tertiary/aromatic N) is 5. The molecule has 152 valence electrons. The lowest BCUT2D eigenvalue weighted by atomic mass is 9.88. The fourth-order valence-electron chi connectivity index (χ4n) is 4.43. The molecule has 30 heavy (non-hydrogen) atoms. The first-order valence-corrected chi connectivity index (χ1v) is 10.6. The quantitative estimate of drug-likeness (QED) is 0.654. The average molecular weight is 399 g/mol. The molecule has 1 aromatic carbocycles. The maximum absolute atomic E-state index is 13.0. The van der Waals surface area contributed by atoms with Crippen LogP contribution in [0.3, 0.4) is 0 Å². The first-order valence-electron chi connectivity index (χ1n) is 10.6. The van der Waals surface area contributed by atoms with E-state index in [0.29, 0.717) is 11.9 Å². The number of benzene rings is 1. The van der Waals surface area contributed by atoms with Crippen LogP contribution in [0.5, 0.6) is 0 Å². The molecule has 0 N–H and O–H groups in total. The molecule has 1 aliphatic carbocycles. The first kappa shape index (κ1) is 18.7. The highest BCUT2D eigenvalue weighted by Crippen LogP contribution is 2.41. The molecular weight excluding hydrogens is 374 g/mol. The van der Waals surface area contributed by atoms with Crippen LogP contribution in [0.2, 0.25) is 0 Å². The third-order valence-electron chi connectivity index (χ3n) is 6.31. The number of carbonyl (C=O) groups is 1. The van der Waals surface area contributed by atoms with Gasteiger partial charge in [-0.25, -0.2) is 9.97 Å². The Morgan fingerprint density at radius 3 is 2.57 bits per heavy atom. The molecule has 0 bridgehead atoms. The van der Waals surface area contributed by atoms with Crippen molar-refractivity contribution >= 4 is 17.4 Å². The van der Waals surface area contributed by atoms with Gasteiger partial charge >= 0.3 is 0 Å². The fraction of sp³-hybridized carbons (Fsp3) is 0.333. The Balaban J connectivity index is 1.65. The van der Waals surface area contributed by atoms with E-state index in [0.717, 1.165) is 47.5 Å². The van der Waals surface area contributed by atoms with E-state index >= 15 is 0 Å². The van der Waals surface area contributed by atoms with Gasteiger partial charge in [-0.3, -0.25) is 9.78 Å². The summed E-state index contributed by atoms with van der Waals surface area (Å²) in [5, 5.41) is 0. The summed E-state index contributed by atoms with van der Waals surface area (Å²) in [6.45, 7) is 2.07.